The summed E-state index contributed by atoms with van der Waals surface area (Å²) in [4.78, 5) is 172. The van der Waals surface area contributed by atoms with Gasteiger partial charge < -0.3 is 63.8 Å². The molecule has 24 nitrogen and oxygen atoms in total. The molecule has 3 aliphatic heterocycles. The first-order chi connectivity index (χ1) is 38.8. The first-order valence-electron chi connectivity index (χ1n) is 28.5. The zero-order valence-corrected chi connectivity index (χ0v) is 48.3. The lowest BCUT2D eigenvalue weighted by atomic mass is 9.98. The lowest BCUT2D eigenvalue weighted by molar-refractivity contribution is -0.143. The quantitative estimate of drug-likeness (QED) is 0.124. The van der Waals surface area contributed by atoms with E-state index in [-0.39, 0.29) is 76.3 Å². The van der Waals surface area contributed by atoms with E-state index in [9.17, 15) is 57.5 Å². The lowest BCUT2D eigenvalue weighted by Gasteiger charge is -2.33. The summed E-state index contributed by atoms with van der Waals surface area (Å²) < 4.78 is 0. The minimum atomic E-state index is -1.47. The molecule has 5 rings (SSSR count). The molecule has 24 heteroatoms. The number of nitrogens with two attached hydrogens (primary N) is 2. The van der Waals surface area contributed by atoms with Gasteiger partial charge in [-0.3, -0.25) is 57.5 Å². The zero-order chi connectivity index (χ0) is 60.5. The van der Waals surface area contributed by atoms with Crippen molar-refractivity contribution in [2.75, 3.05) is 13.1 Å². The number of amides is 12. The van der Waals surface area contributed by atoms with Gasteiger partial charge in [-0.1, -0.05) is 116 Å². The van der Waals surface area contributed by atoms with E-state index in [1.165, 1.54) is 9.80 Å². The fourth-order valence-corrected chi connectivity index (χ4v) is 10.4. The van der Waals surface area contributed by atoms with Crippen molar-refractivity contribution in [1.82, 2.24) is 52.3 Å². The van der Waals surface area contributed by atoms with Gasteiger partial charge in [-0.05, 0) is 86.2 Å². The molecule has 0 radical (unpaired) electrons. The van der Waals surface area contributed by atoms with E-state index >= 15 is 0 Å². The highest BCUT2D eigenvalue weighted by atomic mass is 16.2. The Kier molecular flexibility index (Phi) is 23.9. The van der Waals surface area contributed by atoms with Crippen LogP contribution in [0.2, 0.25) is 0 Å². The molecule has 0 unspecified atom stereocenters. The molecule has 3 aliphatic rings. The predicted molar refractivity (Wildman–Crippen MR) is 301 cm³/mol. The van der Waals surface area contributed by atoms with E-state index in [0.29, 0.717) is 24.0 Å². The van der Waals surface area contributed by atoms with E-state index in [4.69, 9.17) is 11.5 Å². The van der Waals surface area contributed by atoms with Crippen LogP contribution in [0.5, 0.6) is 0 Å². The molecule has 448 valence electrons. The average molecular weight is 1140 g/mol. The largest absolute Gasteiger partial charge is 0.370 e. The third kappa shape index (κ3) is 18.0. The van der Waals surface area contributed by atoms with Crippen molar-refractivity contribution in [2.24, 2.45) is 35.1 Å². The molecule has 12 amide bonds. The maximum atomic E-state index is 14.9. The molecule has 3 saturated heterocycles. The van der Waals surface area contributed by atoms with Crippen molar-refractivity contribution in [2.45, 2.75) is 180 Å². The minimum Gasteiger partial charge on any atom is -0.370 e. The van der Waals surface area contributed by atoms with E-state index < -0.39 is 143 Å². The first-order valence-corrected chi connectivity index (χ1v) is 28.5. The van der Waals surface area contributed by atoms with Gasteiger partial charge in [-0.25, -0.2) is 0 Å². The first kappa shape index (κ1) is 64.9. The molecule has 10 atom stereocenters. The molecule has 2 aromatic carbocycles. The smallest absolute Gasteiger partial charge is 0.250 e. The van der Waals surface area contributed by atoms with Gasteiger partial charge in [-0.15, -0.1) is 0 Å². The summed E-state index contributed by atoms with van der Waals surface area (Å²) in [5, 5.41) is 21.9. The van der Waals surface area contributed by atoms with Gasteiger partial charge in [0, 0.05) is 25.9 Å². The second-order valence-corrected chi connectivity index (χ2v) is 23.1. The Hall–Kier alpha value is -7.92. The molecule has 0 aliphatic carbocycles. The van der Waals surface area contributed by atoms with Gasteiger partial charge in [0.05, 0.1) is 0 Å². The maximum absolute atomic E-state index is 14.9. The van der Waals surface area contributed by atoms with E-state index in [1.54, 1.807) is 116 Å². The van der Waals surface area contributed by atoms with Crippen LogP contribution >= 0.6 is 0 Å². The highest BCUT2D eigenvalue weighted by molar-refractivity contribution is 6.00. The van der Waals surface area contributed by atoms with Crippen molar-refractivity contribution >= 4 is 70.9 Å². The topological polar surface area (TPSA) is 360 Å². The second-order valence-electron chi connectivity index (χ2n) is 23.1. The van der Waals surface area contributed by atoms with Gasteiger partial charge in [0.25, 0.3) is 0 Å². The Morgan fingerprint density at radius 1 is 0.439 bits per heavy atom. The Morgan fingerprint density at radius 2 is 0.756 bits per heavy atom. The number of benzene rings is 2. The second kappa shape index (κ2) is 30.2. The number of rotatable bonds is 14. The summed E-state index contributed by atoms with van der Waals surface area (Å²) in [6.07, 6.45) is -0.196. The van der Waals surface area contributed by atoms with Gasteiger partial charge in [0.1, 0.15) is 60.4 Å². The summed E-state index contributed by atoms with van der Waals surface area (Å²) in [6.45, 7) is 14.0. The number of hydrogen-bond donors (Lipinski definition) is 10. The molecule has 0 aromatic heterocycles. The molecule has 0 saturated carbocycles. The van der Waals surface area contributed by atoms with Crippen molar-refractivity contribution in [3.8, 4) is 0 Å². The van der Waals surface area contributed by atoms with Crippen molar-refractivity contribution in [3.63, 3.8) is 0 Å². The Bertz CT molecular complexity index is 2460. The number of carbonyl (C=O) groups is 12. The number of hydrogen-bond acceptors (Lipinski definition) is 12. The van der Waals surface area contributed by atoms with E-state index in [1.807, 2.05) is 0 Å². The number of nitrogens with one attached hydrogen (secondary N) is 8. The van der Waals surface area contributed by atoms with Crippen LogP contribution in [0.25, 0.3) is 0 Å². The number of carbonyl (C=O) groups excluding carboxylic acids is 12. The molecule has 0 spiro atoms. The SMILES string of the molecule is CC(C)C[C@@H]1NC(=O)[C@H](CCC(N)=O)NC(=O)[C@H](C(C)C)NC(=O)[C@@H]2CCCN2C(=O)[C@@H](c2ccccc2)NC(=O)[C@H](CC(C)C)NC(=O)[C@@H](CCC(N)=O)NC(=O)[C@H](C(C)C)NC(=O)[C@@H]2CCCN2C(=O)[C@H](c2ccccc2)NC1=O. The predicted octanol–water partition coefficient (Wildman–Crippen LogP) is 0.541. The normalized spacial score (nSPS) is 26.4. The highest BCUT2D eigenvalue weighted by Gasteiger charge is 2.44. The van der Waals surface area contributed by atoms with Crippen LogP contribution in [0.1, 0.15) is 143 Å². The Labute approximate surface area is 479 Å². The molecular weight excluding hydrogens is 1060 g/mol. The third-order valence-electron chi connectivity index (χ3n) is 14.8. The van der Waals surface area contributed by atoms with E-state index in [2.05, 4.69) is 42.5 Å². The number of nitrogens with zero attached hydrogens (tertiary/aromatic N) is 2. The number of primary amides is 2. The fraction of sp³-hybridized carbons (Fsp3) is 0.586. The lowest BCUT2D eigenvalue weighted by Crippen LogP contribution is -2.61. The molecular formula is C58H84N12O12. The van der Waals surface area contributed by atoms with Crippen LogP contribution in [0.3, 0.4) is 0 Å². The van der Waals surface area contributed by atoms with E-state index in [0.717, 1.165) is 0 Å². The summed E-state index contributed by atoms with van der Waals surface area (Å²) in [5.74, 6) is -11.0. The molecule has 2 aromatic rings. The van der Waals surface area contributed by atoms with Crippen molar-refractivity contribution in [3.05, 3.63) is 71.8 Å². The van der Waals surface area contributed by atoms with Crippen LogP contribution < -0.4 is 54.0 Å². The van der Waals surface area contributed by atoms with Crippen LogP contribution in [-0.2, 0) is 57.5 Å². The van der Waals surface area contributed by atoms with Crippen molar-refractivity contribution < 1.29 is 57.5 Å². The van der Waals surface area contributed by atoms with Gasteiger partial charge in [0.2, 0.25) is 70.9 Å². The monoisotopic (exact) mass is 1140 g/mol. The number of fused-ring (bicyclic) bond motifs is 2. The van der Waals surface area contributed by atoms with Crippen molar-refractivity contribution in [1.29, 1.82) is 0 Å². The highest BCUT2D eigenvalue weighted by Crippen LogP contribution is 2.27. The molecule has 82 heavy (non-hydrogen) atoms. The standard InChI is InChI=1S/C58H84N12O12/c1-31(2)29-39-51(75)67-47(35-17-11-9-12-18-35)57(81)69-27-15-21-41(69)53(77)66-46(34(7)8)56(80)62-38(24-26-44(60)72)50(74)64-40(30-32(3)4)52(76)68-48(36-19-13-10-14-20-36)58(82)70-28-16-22-42(70)54(78)65-45(33(5)6)55(79)61-37(49(73)63-39)23-25-43(59)71/h9-14,17-20,31-34,37-42,45-48H,15-16,21-30H2,1-8H3,(H2,59,71)(H2,60,72)(H,61,79)(H,62,80)(H,63,73)(H,64,74)(H,65,78)(H,66,77)(H,67,75)(H,68,76)/t37-,38+,39-,40-,41-,42-,45-,46-,47-,48+/m0/s1. The molecule has 12 N–H and O–H groups in total. The van der Waals surface area contributed by atoms with Gasteiger partial charge >= 0.3 is 0 Å². The van der Waals surface area contributed by atoms with Crippen LogP contribution in [0.15, 0.2) is 60.7 Å². The third-order valence-corrected chi connectivity index (χ3v) is 14.8. The van der Waals surface area contributed by atoms with Crippen LogP contribution in [0, 0.1) is 23.7 Å². The average Bonchev–Trinajstić information content (AvgIpc) is 4.21. The fourth-order valence-electron chi connectivity index (χ4n) is 10.4. The maximum Gasteiger partial charge on any atom is 0.250 e. The molecule has 3 heterocycles. The van der Waals surface area contributed by atoms with Gasteiger partial charge in [0.15, 0.2) is 0 Å². The summed E-state index contributed by atoms with van der Waals surface area (Å²) in [7, 11) is 0. The van der Waals surface area contributed by atoms with Crippen LogP contribution in [0.4, 0.5) is 0 Å². The minimum absolute atomic E-state index is 0.0385. The van der Waals surface area contributed by atoms with Crippen LogP contribution in [-0.4, -0.2) is 142 Å². The molecule has 0 bridgehead atoms. The Morgan fingerprint density at radius 3 is 1.06 bits per heavy atom. The summed E-state index contributed by atoms with van der Waals surface area (Å²) >= 11 is 0. The van der Waals surface area contributed by atoms with Gasteiger partial charge in [-0.2, -0.15) is 0 Å². The summed E-state index contributed by atoms with van der Waals surface area (Å²) in [6, 6.07) is 3.18. The summed E-state index contributed by atoms with van der Waals surface area (Å²) in [5.41, 5.74) is 11.7. The molecule has 3 fully saturated rings. The Balaban J connectivity index is 1.61. The zero-order valence-electron chi connectivity index (χ0n) is 48.3.